The van der Waals surface area contributed by atoms with Crippen LogP contribution in [-0.2, 0) is 23.0 Å². The number of nitrogens with zero attached hydrogens (tertiary/aromatic N) is 3. The number of ether oxygens (including phenoxy) is 1. The maximum atomic E-state index is 11.9. The molecule has 6 heteroatoms. The molecule has 0 radical (unpaired) electrons. The van der Waals surface area contributed by atoms with Gasteiger partial charge in [0, 0.05) is 31.9 Å². The third-order valence-electron chi connectivity index (χ3n) is 2.93. The Morgan fingerprint density at radius 1 is 1.58 bits per heavy atom. The predicted octanol–water partition coefficient (Wildman–Crippen LogP) is 0.348. The van der Waals surface area contributed by atoms with Crippen LogP contribution < -0.4 is 5.32 Å². The molecular formula is C13H24N4O2. The minimum absolute atomic E-state index is 0.276. The standard InChI is InChI=1S/C13H24N4O2/c1-6-11-10(9-17(4)15-11)12(13(18)19-5)14-7-8-16(2)3/h9,12,14H,6-8H2,1-5H3. The molecule has 108 valence electrons. The van der Waals surface area contributed by atoms with Crippen molar-refractivity contribution in [1.29, 1.82) is 0 Å². The normalized spacial score (nSPS) is 12.7. The van der Waals surface area contributed by atoms with Crippen molar-refractivity contribution in [2.75, 3.05) is 34.3 Å². The van der Waals surface area contributed by atoms with Gasteiger partial charge in [-0.3, -0.25) is 10.00 Å². The first-order valence-electron chi connectivity index (χ1n) is 6.48. The number of carbonyl (C=O) groups is 1. The van der Waals surface area contributed by atoms with Crippen molar-refractivity contribution in [1.82, 2.24) is 20.0 Å². The second-order valence-electron chi connectivity index (χ2n) is 4.77. The minimum Gasteiger partial charge on any atom is -0.468 e. The van der Waals surface area contributed by atoms with Crippen LogP contribution in [0.5, 0.6) is 0 Å². The maximum absolute atomic E-state index is 11.9. The van der Waals surface area contributed by atoms with E-state index in [2.05, 4.69) is 15.3 Å². The lowest BCUT2D eigenvalue weighted by Gasteiger charge is -2.18. The highest BCUT2D eigenvalue weighted by atomic mass is 16.5. The molecule has 0 aliphatic carbocycles. The Labute approximate surface area is 114 Å². The van der Waals surface area contributed by atoms with Crippen LogP contribution in [0.1, 0.15) is 24.2 Å². The summed E-state index contributed by atoms with van der Waals surface area (Å²) in [5.74, 6) is -0.276. The van der Waals surface area contributed by atoms with E-state index in [4.69, 9.17) is 4.74 Å². The molecule has 19 heavy (non-hydrogen) atoms. The van der Waals surface area contributed by atoms with Gasteiger partial charge in [-0.15, -0.1) is 0 Å². The van der Waals surface area contributed by atoms with Gasteiger partial charge < -0.3 is 9.64 Å². The number of carbonyl (C=O) groups excluding carboxylic acids is 1. The first-order valence-corrected chi connectivity index (χ1v) is 6.48. The van der Waals surface area contributed by atoms with Crippen molar-refractivity contribution >= 4 is 5.97 Å². The van der Waals surface area contributed by atoms with Gasteiger partial charge in [0.15, 0.2) is 0 Å². The van der Waals surface area contributed by atoms with Gasteiger partial charge in [-0.2, -0.15) is 5.10 Å². The van der Waals surface area contributed by atoms with Crippen LogP contribution in [0, 0.1) is 0 Å². The fraction of sp³-hybridized carbons (Fsp3) is 0.692. The molecule has 0 aliphatic heterocycles. The van der Waals surface area contributed by atoms with Crippen molar-refractivity contribution in [2.24, 2.45) is 7.05 Å². The van der Waals surface area contributed by atoms with Crippen LogP contribution in [0.15, 0.2) is 6.20 Å². The van der Waals surface area contributed by atoms with E-state index < -0.39 is 6.04 Å². The van der Waals surface area contributed by atoms with Gasteiger partial charge >= 0.3 is 5.97 Å². The van der Waals surface area contributed by atoms with E-state index in [9.17, 15) is 4.79 Å². The number of nitrogens with one attached hydrogen (secondary N) is 1. The summed E-state index contributed by atoms with van der Waals surface area (Å²) >= 11 is 0. The summed E-state index contributed by atoms with van der Waals surface area (Å²) in [4.78, 5) is 14.0. The fourth-order valence-electron chi connectivity index (χ4n) is 1.94. The average molecular weight is 268 g/mol. The Morgan fingerprint density at radius 3 is 2.79 bits per heavy atom. The summed E-state index contributed by atoms with van der Waals surface area (Å²) in [6.45, 7) is 3.60. The molecule has 0 amide bonds. The lowest BCUT2D eigenvalue weighted by atomic mass is 10.1. The zero-order valence-electron chi connectivity index (χ0n) is 12.4. The molecule has 1 aromatic heterocycles. The molecule has 0 fully saturated rings. The van der Waals surface area contributed by atoms with E-state index >= 15 is 0 Å². The molecule has 1 heterocycles. The molecule has 1 unspecified atom stereocenters. The van der Waals surface area contributed by atoms with E-state index in [0.29, 0.717) is 6.54 Å². The van der Waals surface area contributed by atoms with Gasteiger partial charge in [-0.25, -0.2) is 4.79 Å². The topological polar surface area (TPSA) is 59.4 Å². The summed E-state index contributed by atoms with van der Waals surface area (Å²) in [6.07, 6.45) is 2.67. The molecule has 0 saturated carbocycles. The van der Waals surface area contributed by atoms with Gasteiger partial charge in [0.25, 0.3) is 0 Å². The second-order valence-corrected chi connectivity index (χ2v) is 4.77. The summed E-state index contributed by atoms with van der Waals surface area (Å²) in [6, 6.07) is -0.450. The van der Waals surface area contributed by atoms with E-state index in [1.807, 2.05) is 34.3 Å². The molecule has 1 N–H and O–H groups in total. The molecule has 0 saturated heterocycles. The molecule has 0 aromatic carbocycles. The average Bonchev–Trinajstić information content (AvgIpc) is 2.74. The Morgan fingerprint density at radius 2 is 2.26 bits per heavy atom. The SMILES string of the molecule is CCc1nn(C)cc1C(NCCN(C)C)C(=O)OC. The summed E-state index contributed by atoms with van der Waals surface area (Å²) in [7, 11) is 7.26. The lowest BCUT2D eigenvalue weighted by Crippen LogP contribution is -2.34. The number of hydrogen-bond donors (Lipinski definition) is 1. The summed E-state index contributed by atoms with van der Waals surface area (Å²) in [5.41, 5.74) is 1.82. The third-order valence-corrected chi connectivity index (χ3v) is 2.93. The zero-order chi connectivity index (χ0) is 14.4. The van der Waals surface area contributed by atoms with Gasteiger partial charge in [0.1, 0.15) is 6.04 Å². The Hall–Kier alpha value is -1.40. The number of esters is 1. The van der Waals surface area contributed by atoms with Crippen LogP contribution in [-0.4, -0.2) is 54.9 Å². The number of hydrogen-bond acceptors (Lipinski definition) is 5. The van der Waals surface area contributed by atoms with Crippen LogP contribution in [0.2, 0.25) is 0 Å². The van der Waals surface area contributed by atoms with Crippen molar-refractivity contribution in [3.63, 3.8) is 0 Å². The molecule has 1 atom stereocenters. The van der Waals surface area contributed by atoms with Gasteiger partial charge in [-0.1, -0.05) is 6.92 Å². The predicted molar refractivity (Wildman–Crippen MR) is 73.9 cm³/mol. The summed E-state index contributed by atoms with van der Waals surface area (Å²) in [5, 5.41) is 7.60. The zero-order valence-corrected chi connectivity index (χ0v) is 12.4. The first kappa shape index (κ1) is 15.7. The fourth-order valence-corrected chi connectivity index (χ4v) is 1.94. The molecule has 1 aromatic rings. The smallest absolute Gasteiger partial charge is 0.327 e. The third kappa shape index (κ3) is 4.33. The van der Waals surface area contributed by atoms with Crippen molar-refractivity contribution in [3.8, 4) is 0 Å². The van der Waals surface area contributed by atoms with Crippen molar-refractivity contribution < 1.29 is 9.53 Å². The monoisotopic (exact) mass is 268 g/mol. The van der Waals surface area contributed by atoms with E-state index in [-0.39, 0.29) is 5.97 Å². The number of likely N-dealkylation sites (N-methyl/N-ethyl adjacent to an activating group) is 1. The van der Waals surface area contributed by atoms with E-state index in [1.165, 1.54) is 7.11 Å². The molecular weight excluding hydrogens is 244 g/mol. The molecule has 0 bridgehead atoms. The van der Waals surface area contributed by atoms with Gasteiger partial charge in [0.2, 0.25) is 0 Å². The number of rotatable bonds is 7. The van der Waals surface area contributed by atoms with E-state index in [1.54, 1.807) is 4.68 Å². The highest BCUT2D eigenvalue weighted by Gasteiger charge is 2.25. The lowest BCUT2D eigenvalue weighted by molar-refractivity contribution is -0.143. The van der Waals surface area contributed by atoms with Gasteiger partial charge in [-0.05, 0) is 20.5 Å². The second kappa shape index (κ2) is 7.25. The Balaban J connectivity index is 2.86. The van der Waals surface area contributed by atoms with E-state index in [0.717, 1.165) is 24.2 Å². The van der Waals surface area contributed by atoms with Crippen molar-refractivity contribution in [3.05, 3.63) is 17.5 Å². The Kier molecular flexibility index (Phi) is 5.98. The molecule has 0 aliphatic rings. The maximum Gasteiger partial charge on any atom is 0.327 e. The van der Waals surface area contributed by atoms with Crippen LogP contribution in [0.4, 0.5) is 0 Å². The molecule has 6 nitrogen and oxygen atoms in total. The molecule has 1 rings (SSSR count). The first-order chi connectivity index (χ1) is 8.99. The number of aryl methyl sites for hydroxylation is 2. The summed E-state index contributed by atoms with van der Waals surface area (Å²) < 4.78 is 6.61. The number of methoxy groups -OCH3 is 1. The highest BCUT2D eigenvalue weighted by molar-refractivity contribution is 5.77. The number of aromatic nitrogens is 2. The van der Waals surface area contributed by atoms with Crippen LogP contribution >= 0.6 is 0 Å². The highest BCUT2D eigenvalue weighted by Crippen LogP contribution is 2.18. The minimum atomic E-state index is -0.450. The quantitative estimate of drug-likeness (QED) is 0.723. The largest absolute Gasteiger partial charge is 0.468 e. The Bertz CT molecular complexity index is 415. The van der Waals surface area contributed by atoms with Crippen LogP contribution in [0.3, 0.4) is 0 Å². The van der Waals surface area contributed by atoms with Gasteiger partial charge in [0.05, 0.1) is 12.8 Å². The molecule has 0 spiro atoms. The van der Waals surface area contributed by atoms with Crippen molar-refractivity contribution in [2.45, 2.75) is 19.4 Å². The van der Waals surface area contributed by atoms with Crippen LogP contribution in [0.25, 0.3) is 0 Å².